The maximum atomic E-state index is 5.52. The molecule has 0 spiro atoms. The van der Waals surface area contributed by atoms with Gasteiger partial charge in [-0.2, -0.15) is 0 Å². The molecule has 6 nitrogen and oxygen atoms in total. The topological polar surface area (TPSA) is 72.9 Å². The van der Waals surface area contributed by atoms with Crippen LogP contribution in [0.5, 0.6) is 0 Å². The second kappa shape index (κ2) is 4.76. The Hall–Kier alpha value is -1.17. The fraction of sp³-hybridized carbons (Fsp3) is 0.857. The fourth-order valence-electron chi connectivity index (χ4n) is 1.15. The first kappa shape index (κ1) is 9.91. The van der Waals surface area contributed by atoms with Crippen molar-refractivity contribution in [1.29, 1.82) is 0 Å². The van der Waals surface area contributed by atoms with Crippen LogP contribution < -0.4 is 5.73 Å². The lowest BCUT2D eigenvalue weighted by Crippen LogP contribution is -2.27. The number of hydrogen-bond donors (Lipinski definition) is 1. The van der Waals surface area contributed by atoms with Gasteiger partial charge in [0.05, 0.1) is 6.54 Å². The first-order chi connectivity index (χ1) is 6.27. The third kappa shape index (κ3) is 2.66. The van der Waals surface area contributed by atoms with Crippen LogP contribution in [-0.2, 0) is 6.54 Å². The second-order valence-electron chi connectivity index (χ2n) is 2.79. The van der Waals surface area contributed by atoms with Crippen LogP contribution in [0, 0.1) is 0 Å². The molecule has 0 bridgehead atoms. The molecule has 13 heavy (non-hydrogen) atoms. The molecule has 1 aromatic heterocycles. The molecular formula is C7H16N6. The number of nitrogen functional groups attached to an aromatic ring is 1. The first-order valence-electron chi connectivity index (χ1n) is 4.52. The Labute approximate surface area is 77.7 Å². The van der Waals surface area contributed by atoms with Gasteiger partial charge in [0.2, 0.25) is 5.95 Å². The summed E-state index contributed by atoms with van der Waals surface area (Å²) in [7, 11) is 0. The Kier molecular flexibility index (Phi) is 3.63. The maximum absolute atomic E-state index is 5.52. The van der Waals surface area contributed by atoms with Crippen molar-refractivity contribution < 1.29 is 0 Å². The predicted octanol–water partition coefficient (Wildman–Crippen LogP) is -0.403. The summed E-state index contributed by atoms with van der Waals surface area (Å²) in [6, 6.07) is 0. The van der Waals surface area contributed by atoms with Gasteiger partial charge < -0.3 is 10.6 Å². The van der Waals surface area contributed by atoms with Gasteiger partial charge in [-0.1, -0.05) is 18.9 Å². The van der Waals surface area contributed by atoms with Gasteiger partial charge in [-0.25, -0.2) is 4.68 Å². The molecule has 2 N–H and O–H groups in total. The van der Waals surface area contributed by atoms with Crippen LogP contribution in [0.3, 0.4) is 0 Å². The molecule has 6 heteroatoms. The molecule has 0 radical (unpaired) electrons. The smallest absolute Gasteiger partial charge is 0.240 e. The number of anilines is 1. The van der Waals surface area contributed by atoms with Gasteiger partial charge in [0.1, 0.15) is 0 Å². The molecule has 1 rings (SSSR count). The summed E-state index contributed by atoms with van der Waals surface area (Å²) in [6.07, 6.45) is 0. The molecule has 0 fully saturated rings. The molecule has 0 aliphatic carbocycles. The molecule has 0 aliphatic rings. The molecular weight excluding hydrogens is 168 g/mol. The quantitative estimate of drug-likeness (QED) is 0.674. The Morgan fingerprint density at radius 2 is 2.08 bits per heavy atom. The molecule has 0 amide bonds. The van der Waals surface area contributed by atoms with Gasteiger partial charge in [0.25, 0.3) is 0 Å². The number of aromatic nitrogens is 4. The van der Waals surface area contributed by atoms with E-state index in [2.05, 4.69) is 34.3 Å². The standard InChI is InChI=1S/C7H16N6/c1-3-12(4-2)5-6-13-7(8)9-10-11-13/h3-6H2,1-2H3,(H2,8,9,11). The van der Waals surface area contributed by atoms with E-state index in [1.165, 1.54) is 0 Å². The molecule has 0 aliphatic heterocycles. The molecule has 0 atom stereocenters. The average Bonchev–Trinajstić information content (AvgIpc) is 2.54. The van der Waals surface area contributed by atoms with Crippen molar-refractivity contribution in [2.24, 2.45) is 0 Å². The van der Waals surface area contributed by atoms with Crippen LogP contribution in [-0.4, -0.2) is 44.7 Å². The summed E-state index contributed by atoms with van der Waals surface area (Å²) < 4.78 is 1.61. The highest BCUT2D eigenvalue weighted by Crippen LogP contribution is 1.94. The zero-order valence-corrected chi connectivity index (χ0v) is 8.14. The van der Waals surface area contributed by atoms with Crippen LogP contribution >= 0.6 is 0 Å². The highest BCUT2D eigenvalue weighted by Gasteiger charge is 2.03. The van der Waals surface area contributed by atoms with Crippen molar-refractivity contribution in [3.05, 3.63) is 0 Å². The van der Waals surface area contributed by atoms with Gasteiger partial charge >= 0.3 is 0 Å². The van der Waals surface area contributed by atoms with E-state index in [4.69, 9.17) is 5.73 Å². The lowest BCUT2D eigenvalue weighted by atomic mass is 10.5. The normalized spacial score (nSPS) is 11.0. The van der Waals surface area contributed by atoms with Crippen LogP contribution in [0.1, 0.15) is 13.8 Å². The minimum Gasteiger partial charge on any atom is -0.367 e. The minimum atomic E-state index is 0.382. The Morgan fingerprint density at radius 3 is 2.54 bits per heavy atom. The largest absolute Gasteiger partial charge is 0.367 e. The van der Waals surface area contributed by atoms with E-state index in [1.54, 1.807) is 4.68 Å². The summed E-state index contributed by atoms with van der Waals surface area (Å²) in [6.45, 7) is 8.03. The summed E-state index contributed by atoms with van der Waals surface area (Å²) in [5.41, 5.74) is 5.52. The zero-order chi connectivity index (χ0) is 9.68. The average molecular weight is 184 g/mol. The van der Waals surface area contributed by atoms with E-state index in [-0.39, 0.29) is 0 Å². The zero-order valence-electron chi connectivity index (χ0n) is 8.14. The van der Waals surface area contributed by atoms with Gasteiger partial charge in [-0.15, -0.1) is 0 Å². The molecule has 0 aromatic carbocycles. The van der Waals surface area contributed by atoms with E-state index in [9.17, 15) is 0 Å². The number of nitrogens with zero attached hydrogens (tertiary/aromatic N) is 5. The molecule has 74 valence electrons. The van der Waals surface area contributed by atoms with E-state index < -0.39 is 0 Å². The Morgan fingerprint density at radius 1 is 1.38 bits per heavy atom. The van der Waals surface area contributed by atoms with E-state index in [1.807, 2.05) is 0 Å². The van der Waals surface area contributed by atoms with Crippen molar-refractivity contribution in [2.45, 2.75) is 20.4 Å². The molecule has 1 heterocycles. The van der Waals surface area contributed by atoms with Crippen molar-refractivity contribution in [3.63, 3.8) is 0 Å². The molecule has 1 aromatic rings. The summed E-state index contributed by atoms with van der Waals surface area (Å²) in [5.74, 6) is 0.382. The number of tetrazole rings is 1. The minimum absolute atomic E-state index is 0.382. The third-order valence-corrected chi connectivity index (χ3v) is 2.08. The highest BCUT2D eigenvalue weighted by atomic mass is 15.6. The van der Waals surface area contributed by atoms with E-state index in [0.717, 1.165) is 26.2 Å². The Balaban J connectivity index is 2.38. The molecule has 0 saturated heterocycles. The highest BCUT2D eigenvalue weighted by molar-refractivity contribution is 5.09. The molecule has 0 unspecified atom stereocenters. The van der Waals surface area contributed by atoms with Crippen LogP contribution in [0.2, 0.25) is 0 Å². The number of likely N-dealkylation sites (N-methyl/N-ethyl adjacent to an activating group) is 1. The van der Waals surface area contributed by atoms with Gasteiger partial charge in [-0.3, -0.25) is 0 Å². The monoisotopic (exact) mass is 184 g/mol. The second-order valence-corrected chi connectivity index (χ2v) is 2.79. The first-order valence-corrected chi connectivity index (χ1v) is 4.52. The summed E-state index contributed by atoms with van der Waals surface area (Å²) in [4.78, 5) is 2.29. The number of rotatable bonds is 5. The Bertz CT molecular complexity index is 241. The van der Waals surface area contributed by atoms with Crippen molar-refractivity contribution in [1.82, 2.24) is 25.1 Å². The van der Waals surface area contributed by atoms with Crippen molar-refractivity contribution >= 4 is 5.95 Å². The van der Waals surface area contributed by atoms with Crippen LogP contribution in [0.25, 0.3) is 0 Å². The van der Waals surface area contributed by atoms with Crippen LogP contribution in [0.4, 0.5) is 5.95 Å². The van der Waals surface area contributed by atoms with Crippen molar-refractivity contribution in [2.75, 3.05) is 25.4 Å². The fourth-order valence-corrected chi connectivity index (χ4v) is 1.15. The number of hydrogen-bond acceptors (Lipinski definition) is 5. The SMILES string of the molecule is CCN(CC)CCn1nnnc1N. The lowest BCUT2D eigenvalue weighted by molar-refractivity contribution is 0.285. The van der Waals surface area contributed by atoms with Gasteiger partial charge in [-0.05, 0) is 23.5 Å². The lowest BCUT2D eigenvalue weighted by Gasteiger charge is -2.17. The predicted molar refractivity (Wildman–Crippen MR) is 50.0 cm³/mol. The third-order valence-electron chi connectivity index (χ3n) is 2.08. The van der Waals surface area contributed by atoms with Crippen LogP contribution in [0.15, 0.2) is 0 Å². The van der Waals surface area contributed by atoms with Crippen molar-refractivity contribution in [3.8, 4) is 0 Å². The van der Waals surface area contributed by atoms with E-state index >= 15 is 0 Å². The van der Waals surface area contributed by atoms with Gasteiger partial charge in [0, 0.05) is 6.54 Å². The summed E-state index contributed by atoms with van der Waals surface area (Å²) >= 11 is 0. The number of nitrogens with two attached hydrogens (primary N) is 1. The van der Waals surface area contributed by atoms with Gasteiger partial charge in [0.15, 0.2) is 0 Å². The molecule has 0 saturated carbocycles. The summed E-state index contributed by atoms with van der Waals surface area (Å²) in [5, 5.41) is 10.8. The van der Waals surface area contributed by atoms with E-state index in [0.29, 0.717) is 5.95 Å². The maximum Gasteiger partial charge on any atom is 0.240 e.